The third-order valence-corrected chi connectivity index (χ3v) is 6.83. The smallest absolute Gasteiger partial charge is 0.139 e. The molecule has 0 unspecified atom stereocenters. The Morgan fingerprint density at radius 2 is 2.00 bits per heavy atom. The average Bonchev–Trinajstić information content (AvgIpc) is 3.12. The summed E-state index contributed by atoms with van der Waals surface area (Å²) in [5.41, 5.74) is 5.61. The van der Waals surface area contributed by atoms with E-state index in [-0.39, 0.29) is 5.83 Å². The molecule has 0 spiro atoms. The average molecular weight is 392 g/mol. The maximum atomic E-state index is 13.6. The number of allylic oxidation sites excluding steroid dienone is 5. The molecule has 2 aromatic heterocycles. The summed E-state index contributed by atoms with van der Waals surface area (Å²) in [5, 5.41) is 3.33. The van der Waals surface area contributed by atoms with Crippen molar-refractivity contribution in [2.24, 2.45) is 5.92 Å². The van der Waals surface area contributed by atoms with Crippen LogP contribution in [-0.4, -0.2) is 21.4 Å². The van der Waals surface area contributed by atoms with E-state index < -0.39 is 0 Å². The Bertz CT molecular complexity index is 1010. The zero-order valence-corrected chi connectivity index (χ0v) is 16.6. The summed E-state index contributed by atoms with van der Waals surface area (Å²) in [4.78, 5) is 11.5. The number of fused-ring (bicyclic) bond motifs is 2. The van der Waals surface area contributed by atoms with Crippen LogP contribution in [0.4, 0.5) is 4.39 Å². The minimum atomic E-state index is -0.172. The first kappa shape index (κ1) is 17.6. The lowest BCUT2D eigenvalue weighted by Gasteiger charge is -2.33. The van der Waals surface area contributed by atoms with E-state index in [9.17, 15) is 4.39 Å². The van der Waals surface area contributed by atoms with Gasteiger partial charge >= 0.3 is 0 Å². The van der Waals surface area contributed by atoms with Crippen LogP contribution in [-0.2, 0) is 0 Å². The molecule has 142 valence electrons. The lowest BCUT2D eigenvalue weighted by atomic mass is 9.78. The van der Waals surface area contributed by atoms with Gasteiger partial charge in [-0.15, -0.1) is 11.3 Å². The van der Waals surface area contributed by atoms with Crippen molar-refractivity contribution in [2.45, 2.75) is 32.1 Å². The molecule has 2 aliphatic heterocycles. The molecule has 0 N–H and O–H groups in total. The van der Waals surface area contributed by atoms with Gasteiger partial charge in [0.1, 0.15) is 5.83 Å². The molecule has 0 bridgehead atoms. The van der Waals surface area contributed by atoms with Crippen LogP contribution in [0.15, 0.2) is 71.3 Å². The lowest BCUT2D eigenvalue weighted by molar-refractivity contribution is 0.331. The molecular weight excluding hydrogens is 369 g/mol. The van der Waals surface area contributed by atoms with Crippen LogP contribution >= 0.6 is 11.3 Å². The van der Waals surface area contributed by atoms with Gasteiger partial charge in [-0.2, -0.15) is 0 Å². The molecule has 3 nitrogen and oxygen atoms in total. The predicted molar refractivity (Wildman–Crippen MR) is 111 cm³/mol. The number of aromatic nitrogens is 2. The van der Waals surface area contributed by atoms with Crippen molar-refractivity contribution in [3.8, 4) is 11.4 Å². The highest BCUT2D eigenvalue weighted by Gasteiger charge is 2.31. The minimum Gasteiger partial charge on any atom is -0.344 e. The van der Waals surface area contributed by atoms with Crippen molar-refractivity contribution in [1.29, 1.82) is 0 Å². The van der Waals surface area contributed by atoms with Crippen LogP contribution in [0.1, 0.15) is 35.8 Å². The second-order valence-corrected chi connectivity index (χ2v) is 8.69. The normalized spacial score (nSPS) is 23.9. The number of thiazole rings is 1. The molecule has 0 amide bonds. The van der Waals surface area contributed by atoms with Gasteiger partial charge in [-0.05, 0) is 62.0 Å². The van der Waals surface area contributed by atoms with E-state index in [1.165, 1.54) is 16.7 Å². The lowest BCUT2D eigenvalue weighted by Crippen LogP contribution is -2.28. The molecular formula is C23H22FN3S. The summed E-state index contributed by atoms with van der Waals surface area (Å²) in [5.74, 6) is 0.774. The molecule has 0 radical (unpaired) electrons. The number of nitrogens with zero attached hydrogens (tertiary/aromatic N) is 3. The van der Waals surface area contributed by atoms with Gasteiger partial charge in [-0.1, -0.05) is 17.7 Å². The van der Waals surface area contributed by atoms with Crippen LogP contribution in [0.2, 0.25) is 0 Å². The highest BCUT2D eigenvalue weighted by Crippen LogP contribution is 2.42. The standard InChI is InChI=1S/C23H22FN3S/c1-15-2-9-21(25-11-15)22-14-28-23(26-22)17-3-4-18-12-27-13-19(24)6-8-20(27)7-5-16(18)10-17/h2,5-9,11,13-14,17-18H,3-4,10,12H2,1H3/t17-,18+/m0/s1. The maximum Gasteiger partial charge on any atom is 0.139 e. The molecule has 0 saturated heterocycles. The van der Waals surface area contributed by atoms with E-state index in [1.807, 2.05) is 30.2 Å². The second kappa shape index (κ2) is 7.13. The fourth-order valence-corrected chi connectivity index (χ4v) is 5.19. The summed E-state index contributed by atoms with van der Waals surface area (Å²) in [7, 11) is 0. The Morgan fingerprint density at radius 1 is 1.11 bits per heavy atom. The van der Waals surface area contributed by atoms with E-state index in [2.05, 4.69) is 28.6 Å². The molecule has 2 atom stereocenters. The first-order valence-electron chi connectivity index (χ1n) is 9.77. The summed E-state index contributed by atoms with van der Waals surface area (Å²) >= 11 is 1.75. The molecule has 5 rings (SSSR count). The van der Waals surface area contributed by atoms with Gasteiger partial charge in [0, 0.05) is 35.9 Å². The van der Waals surface area contributed by atoms with E-state index in [1.54, 1.807) is 17.5 Å². The third-order valence-electron chi connectivity index (χ3n) is 5.82. The van der Waals surface area contributed by atoms with Gasteiger partial charge in [-0.3, -0.25) is 4.98 Å². The zero-order chi connectivity index (χ0) is 19.1. The highest BCUT2D eigenvalue weighted by molar-refractivity contribution is 7.10. The molecule has 5 heteroatoms. The molecule has 3 aliphatic rings. The topological polar surface area (TPSA) is 29.0 Å². The first-order valence-corrected chi connectivity index (χ1v) is 10.6. The van der Waals surface area contributed by atoms with E-state index in [0.29, 0.717) is 11.8 Å². The summed E-state index contributed by atoms with van der Waals surface area (Å²) in [6, 6.07) is 4.12. The van der Waals surface area contributed by atoms with Gasteiger partial charge in [-0.25, -0.2) is 9.37 Å². The van der Waals surface area contributed by atoms with Gasteiger partial charge in [0.2, 0.25) is 0 Å². The van der Waals surface area contributed by atoms with Crippen molar-refractivity contribution < 1.29 is 4.39 Å². The van der Waals surface area contributed by atoms with E-state index >= 15 is 0 Å². The number of hydrogen-bond donors (Lipinski definition) is 0. The Balaban J connectivity index is 1.35. The minimum absolute atomic E-state index is 0.172. The van der Waals surface area contributed by atoms with E-state index in [0.717, 1.165) is 48.5 Å². The first-order chi connectivity index (χ1) is 13.7. The molecule has 1 saturated carbocycles. The number of pyridine rings is 1. The van der Waals surface area contributed by atoms with Crippen molar-refractivity contribution in [3.05, 3.63) is 81.9 Å². The van der Waals surface area contributed by atoms with Crippen LogP contribution < -0.4 is 0 Å². The molecule has 2 aromatic rings. The molecule has 0 aromatic carbocycles. The third kappa shape index (κ3) is 3.35. The Kier molecular flexibility index (Phi) is 4.47. The number of halogens is 1. The van der Waals surface area contributed by atoms with E-state index in [4.69, 9.17) is 4.98 Å². The predicted octanol–water partition coefficient (Wildman–Crippen LogP) is 5.90. The van der Waals surface area contributed by atoms with Crippen molar-refractivity contribution in [3.63, 3.8) is 0 Å². The Morgan fingerprint density at radius 3 is 2.86 bits per heavy atom. The monoisotopic (exact) mass is 391 g/mol. The maximum absolute atomic E-state index is 13.6. The van der Waals surface area contributed by atoms with Crippen LogP contribution in [0, 0.1) is 12.8 Å². The SMILES string of the molecule is Cc1ccc(-c2csc([C@H]3CC[C@@H]4CN5C=C(F)C=CC5=CC=C4C3)n2)nc1. The van der Waals surface area contributed by atoms with Gasteiger partial charge in [0.25, 0.3) is 0 Å². The molecule has 4 heterocycles. The highest BCUT2D eigenvalue weighted by atomic mass is 32.1. The van der Waals surface area contributed by atoms with Crippen molar-refractivity contribution >= 4 is 11.3 Å². The quantitative estimate of drug-likeness (QED) is 0.638. The van der Waals surface area contributed by atoms with Crippen molar-refractivity contribution in [2.75, 3.05) is 6.54 Å². The van der Waals surface area contributed by atoms with Gasteiger partial charge < -0.3 is 4.90 Å². The number of rotatable bonds is 2. The van der Waals surface area contributed by atoms with Gasteiger partial charge in [0.05, 0.1) is 16.4 Å². The summed E-state index contributed by atoms with van der Waals surface area (Å²) < 4.78 is 13.6. The summed E-state index contributed by atoms with van der Waals surface area (Å²) in [6.45, 7) is 2.91. The molecule has 28 heavy (non-hydrogen) atoms. The summed E-state index contributed by atoms with van der Waals surface area (Å²) in [6.07, 6.45) is 14.6. The second-order valence-electron chi connectivity index (χ2n) is 7.80. The number of aryl methyl sites for hydroxylation is 1. The molecule has 1 aliphatic carbocycles. The van der Waals surface area contributed by atoms with Crippen LogP contribution in [0.5, 0.6) is 0 Å². The fourth-order valence-electron chi connectivity index (χ4n) is 4.24. The Hall–Kier alpha value is -2.53. The number of hydrogen-bond acceptors (Lipinski definition) is 4. The fraction of sp³-hybridized carbons (Fsp3) is 0.304. The Labute approximate surface area is 168 Å². The zero-order valence-electron chi connectivity index (χ0n) is 15.8. The van der Waals surface area contributed by atoms with Crippen molar-refractivity contribution in [1.82, 2.24) is 14.9 Å². The van der Waals surface area contributed by atoms with Crippen LogP contribution in [0.25, 0.3) is 11.4 Å². The van der Waals surface area contributed by atoms with Gasteiger partial charge in [0.15, 0.2) is 0 Å². The molecule has 1 fully saturated rings. The van der Waals surface area contributed by atoms with Crippen LogP contribution in [0.3, 0.4) is 0 Å². The largest absolute Gasteiger partial charge is 0.344 e.